The summed E-state index contributed by atoms with van der Waals surface area (Å²) in [7, 11) is 1.62. The summed E-state index contributed by atoms with van der Waals surface area (Å²) in [5.41, 5.74) is 12.7. The molecule has 0 aliphatic carbocycles. The van der Waals surface area contributed by atoms with Crippen molar-refractivity contribution >= 4 is 11.6 Å². The van der Waals surface area contributed by atoms with E-state index in [-0.39, 0.29) is 0 Å². The molecule has 0 aromatic heterocycles. The minimum Gasteiger partial charge on any atom is -0.495 e. The highest BCUT2D eigenvalue weighted by Crippen LogP contribution is 2.32. The third-order valence-corrected chi connectivity index (χ3v) is 3.72. The molecule has 4 heteroatoms. The van der Waals surface area contributed by atoms with Crippen LogP contribution in [0.25, 0.3) is 0 Å². The first-order chi connectivity index (χ1) is 8.65. The Kier molecular flexibility index (Phi) is 6.47. The number of methoxy groups -OCH3 is 1. The maximum absolute atomic E-state index is 6.16. The lowest BCUT2D eigenvalue weighted by Crippen LogP contribution is -2.25. The molecular formula is C14H23ClN2O. The Hall–Kier alpha value is -0.770. The number of halogens is 1. The fourth-order valence-electron chi connectivity index (χ4n) is 2.17. The molecule has 1 aromatic carbocycles. The van der Waals surface area contributed by atoms with Crippen LogP contribution >= 0.6 is 11.6 Å². The summed E-state index contributed by atoms with van der Waals surface area (Å²) in [6.45, 7) is 3.45. The zero-order valence-electron chi connectivity index (χ0n) is 11.2. The summed E-state index contributed by atoms with van der Waals surface area (Å²) in [4.78, 5) is 0. The van der Waals surface area contributed by atoms with Crippen LogP contribution < -0.4 is 16.2 Å². The molecule has 102 valence electrons. The lowest BCUT2D eigenvalue weighted by Gasteiger charge is -2.21. The van der Waals surface area contributed by atoms with Gasteiger partial charge in [-0.1, -0.05) is 24.6 Å². The molecule has 1 rings (SSSR count). The van der Waals surface area contributed by atoms with E-state index in [1.807, 2.05) is 12.1 Å². The summed E-state index contributed by atoms with van der Waals surface area (Å²) in [5, 5.41) is 0.658. The van der Waals surface area contributed by atoms with Crippen molar-refractivity contribution in [3.05, 3.63) is 28.8 Å². The van der Waals surface area contributed by atoms with Gasteiger partial charge in [0.2, 0.25) is 0 Å². The van der Waals surface area contributed by atoms with E-state index in [2.05, 4.69) is 13.0 Å². The van der Waals surface area contributed by atoms with Gasteiger partial charge in [-0.2, -0.15) is 0 Å². The van der Waals surface area contributed by atoms with Gasteiger partial charge in [-0.05, 0) is 55.5 Å². The first-order valence-corrected chi connectivity index (χ1v) is 6.77. The fourth-order valence-corrected chi connectivity index (χ4v) is 2.43. The predicted molar refractivity (Wildman–Crippen MR) is 77.3 cm³/mol. The summed E-state index contributed by atoms with van der Waals surface area (Å²) in [6, 6.07) is 5.97. The monoisotopic (exact) mass is 270 g/mol. The molecule has 0 radical (unpaired) electrons. The van der Waals surface area contributed by atoms with E-state index in [4.69, 9.17) is 27.8 Å². The second-order valence-electron chi connectivity index (χ2n) is 4.57. The van der Waals surface area contributed by atoms with E-state index in [9.17, 15) is 0 Å². The van der Waals surface area contributed by atoms with Gasteiger partial charge in [-0.25, -0.2) is 0 Å². The van der Waals surface area contributed by atoms with Gasteiger partial charge in [-0.3, -0.25) is 0 Å². The number of benzene rings is 1. The molecule has 0 spiro atoms. The smallest absolute Gasteiger partial charge is 0.137 e. The normalized spacial score (nSPS) is 12.8. The molecule has 0 aliphatic rings. The second kappa shape index (κ2) is 7.62. The van der Waals surface area contributed by atoms with Crippen molar-refractivity contribution in [2.75, 3.05) is 20.2 Å². The zero-order chi connectivity index (χ0) is 13.5. The van der Waals surface area contributed by atoms with Gasteiger partial charge in [0.25, 0.3) is 0 Å². The van der Waals surface area contributed by atoms with Crippen LogP contribution in [-0.2, 0) is 0 Å². The number of hydrogen-bond donors (Lipinski definition) is 2. The zero-order valence-corrected chi connectivity index (χ0v) is 11.9. The molecular weight excluding hydrogens is 248 g/mol. The van der Waals surface area contributed by atoms with E-state index in [1.54, 1.807) is 7.11 Å². The molecule has 0 saturated carbocycles. The molecule has 0 bridgehead atoms. The SMILES string of the molecule is CCC(CC(CN)CN)c1ccc(OC)c(Cl)c1. The van der Waals surface area contributed by atoms with Gasteiger partial charge in [0.15, 0.2) is 0 Å². The van der Waals surface area contributed by atoms with Gasteiger partial charge >= 0.3 is 0 Å². The first-order valence-electron chi connectivity index (χ1n) is 6.39. The van der Waals surface area contributed by atoms with E-state index >= 15 is 0 Å². The van der Waals surface area contributed by atoms with Crippen molar-refractivity contribution in [1.29, 1.82) is 0 Å². The number of ether oxygens (including phenoxy) is 1. The highest BCUT2D eigenvalue weighted by Gasteiger charge is 2.16. The molecule has 1 atom stereocenters. The number of nitrogens with two attached hydrogens (primary N) is 2. The minimum absolute atomic E-state index is 0.371. The molecule has 0 saturated heterocycles. The van der Waals surface area contributed by atoms with E-state index < -0.39 is 0 Å². The van der Waals surface area contributed by atoms with E-state index in [0.717, 1.165) is 12.8 Å². The quantitative estimate of drug-likeness (QED) is 0.801. The van der Waals surface area contributed by atoms with Crippen LogP contribution in [0.3, 0.4) is 0 Å². The van der Waals surface area contributed by atoms with Gasteiger partial charge in [0.05, 0.1) is 12.1 Å². The predicted octanol–water partition coefficient (Wildman–Crippen LogP) is 2.77. The van der Waals surface area contributed by atoms with Gasteiger partial charge < -0.3 is 16.2 Å². The Morgan fingerprint density at radius 1 is 1.28 bits per heavy atom. The maximum Gasteiger partial charge on any atom is 0.137 e. The molecule has 0 amide bonds. The van der Waals surface area contributed by atoms with Crippen LogP contribution in [-0.4, -0.2) is 20.2 Å². The summed E-state index contributed by atoms with van der Waals surface area (Å²) < 4.78 is 5.16. The Morgan fingerprint density at radius 3 is 2.39 bits per heavy atom. The lowest BCUT2D eigenvalue weighted by molar-refractivity contribution is 0.413. The van der Waals surface area contributed by atoms with Gasteiger partial charge in [0.1, 0.15) is 5.75 Å². The standard InChI is InChI=1S/C14H23ClN2O/c1-3-11(6-10(8-16)9-17)12-4-5-14(18-2)13(15)7-12/h4-5,7,10-11H,3,6,8-9,16-17H2,1-2H3. The molecule has 1 unspecified atom stereocenters. The van der Waals surface area contributed by atoms with E-state index in [0.29, 0.717) is 35.7 Å². The molecule has 0 heterocycles. The Morgan fingerprint density at radius 2 is 1.94 bits per heavy atom. The molecule has 0 aliphatic heterocycles. The van der Waals surface area contributed by atoms with Crippen LogP contribution in [0.4, 0.5) is 0 Å². The van der Waals surface area contributed by atoms with Crippen molar-refractivity contribution in [1.82, 2.24) is 0 Å². The van der Waals surface area contributed by atoms with Crippen LogP contribution in [0.2, 0.25) is 5.02 Å². The molecule has 1 aromatic rings. The fraction of sp³-hybridized carbons (Fsp3) is 0.571. The lowest BCUT2D eigenvalue weighted by atomic mass is 9.87. The van der Waals surface area contributed by atoms with Crippen molar-refractivity contribution in [2.45, 2.75) is 25.7 Å². The van der Waals surface area contributed by atoms with Crippen LogP contribution in [0.5, 0.6) is 5.75 Å². The third kappa shape index (κ3) is 3.87. The Labute approximate surface area is 114 Å². The van der Waals surface area contributed by atoms with Crippen molar-refractivity contribution < 1.29 is 4.74 Å². The van der Waals surface area contributed by atoms with Crippen molar-refractivity contribution in [3.63, 3.8) is 0 Å². The first kappa shape index (κ1) is 15.3. The molecule has 3 nitrogen and oxygen atoms in total. The van der Waals surface area contributed by atoms with Gasteiger partial charge in [0, 0.05) is 0 Å². The van der Waals surface area contributed by atoms with Crippen molar-refractivity contribution in [2.24, 2.45) is 17.4 Å². The minimum atomic E-state index is 0.371. The van der Waals surface area contributed by atoms with Crippen LogP contribution in [0, 0.1) is 5.92 Å². The molecule has 0 fully saturated rings. The van der Waals surface area contributed by atoms with Crippen molar-refractivity contribution in [3.8, 4) is 5.75 Å². The second-order valence-corrected chi connectivity index (χ2v) is 4.98. The van der Waals surface area contributed by atoms with Gasteiger partial charge in [-0.15, -0.1) is 0 Å². The highest BCUT2D eigenvalue weighted by molar-refractivity contribution is 6.32. The third-order valence-electron chi connectivity index (χ3n) is 3.42. The summed E-state index contributed by atoms with van der Waals surface area (Å²) in [5.74, 6) is 1.53. The van der Waals surface area contributed by atoms with Crippen LogP contribution in [0.15, 0.2) is 18.2 Å². The number of rotatable bonds is 7. The Balaban J connectivity index is 2.84. The summed E-state index contributed by atoms with van der Waals surface area (Å²) >= 11 is 6.16. The average Bonchev–Trinajstić information content (AvgIpc) is 2.40. The number of hydrogen-bond acceptors (Lipinski definition) is 3. The van der Waals surface area contributed by atoms with Crippen LogP contribution in [0.1, 0.15) is 31.2 Å². The average molecular weight is 271 g/mol. The highest BCUT2D eigenvalue weighted by atomic mass is 35.5. The maximum atomic E-state index is 6.16. The Bertz CT molecular complexity index is 367. The largest absolute Gasteiger partial charge is 0.495 e. The van der Waals surface area contributed by atoms with E-state index in [1.165, 1.54) is 5.56 Å². The molecule has 4 N–H and O–H groups in total. The molecule has 18 heavy (non-hydrogen) atoms. The summed E-state index contributed by atoms with van der Waals surface area (Å²) in [6.07, 6.45) is 2.06. The topological polar surface area (TPSA) is 61.3 Å².